The van der Waals surface area contributed by atoms with Crippen molar-refractivity contribution in [3.8, 4) is 11.5 Å². The van der Waals surface area contributed by atoms with Crippen LogP contribution in [0.3, 0.4) is 0 Å². The van der Waals surface area contributed by atoms with E-state index in [-0.39, 0.29) is 62.2 Å². The maximum atomic E-state index is 13.4. The molecule has 0 saturated carbocycles. The van der Waals surface area contributed by atoms with E-state index in [0.717, 1.165) is 0 Å². The van der Waals surface area contributed by atoms with E-state index in [4.69, 9.17) is 27.9 Å². The number of anilines is 1. The number of amides is 1. The average Bonchev–Trinajstić information content (AvgIpc) is 2.87. The van der Waals surface area contributed by atoms with Crippen molar-refractivity contribution < 1.29 is 57.2 Å². The van der Waals surface area contributed by atoms with Crippen LogP contribution in [0.5, 0.6) is 11.5 Å². The van der Waals surface area contributed by atoms with Crippen molar-refractivity contribution >= 4 is 67.1 Å². The largest absolute Gasteiger partial charge is 1.00 e. The van der Waals surface area contributed by atoms with Gasteiger partial charge in [-0.25, -0.2) is 0 Å². The van der Waals surface area contributed by atoms with Gasteiger partial charge >= 0.3 is 29.6 Å². The van der Waals surface area contributed by atoms with Crippen LogP contribution in [0.15, 0.2) is 75.8 Å². The number of azo groups is 1. The standard InChI is InChI=1S/C26H21Cl2N3O6S.Na/c1-3-14-11-18(27)25(38(34,35)36)20(12-14)30-31-23-16-8-5-4-7-15(16)13-17(24(23)32)26(33)29-19-9-6-10-21(37-2)22(19)28;/h4-13,32H,3H2,1-2H3,(H,29,33)(H,34,35,36);/q;+1/p-1. The fourth-order valence-corrected chi connectivity index (χ4v) is 5.25. The van der Waals surface area contributed by atoms with Gasteiger partial charge in [0.15, 0.2) is 0 Å². The van der Waals surface area contributed by atoms with E-state index in [9.17, 15) is 22.9 Å². The Morgan fingerprint density at radius 3 is 2.46 bits per heavy atom. The summed E-state index contributed by atoms with van der Waals surface area (Å²) in [5.74, 6) is -1.17. The molecule has 2 N–H and O–H groups in total. The second-order valence-corrected chi connectivity index (χ2v) is 10.2. The summed E-state index contributed by atoms with van der Waals surface area (Å²) in [7, 11) is -3.33. The van der Waals surface area contributed by atoms with Gasteiger partial charge in [0.2, 0.25) is 0 Å². The van der Waals surface area contributed by atoms with Crippen LogP contribution in [-0.4, -0.2) is 26.0 Å². The van der Waals surface area contributed by atoms with Crippen molar-refractivity contribution in [2.24, 2.45) is 10.2 Å². The van der Waals surface area contributed by atoms with E-state index in [2.05, 4.69) is 15.5 Å². The van der Waals surface area contributed by atoms with E-state index in [1.807, 2.05) is 6.92 Å². The second-order valence-electron chi connectivity index (χ2n) is 8.05. The van der Waals surface area contributed by atoms with Gasteiger partial charge in [-0.05, 0) is 47.7 Å². The Morgan fingerprint density at radius 1 is 1.08 bits per heavy atom. The molecule has 196 valence electrons. The first-order chi connectivity index (χ1) is 18.0. The fraction of sp³-hybridized carbons (Fsp3) is 0.115. The van der Waals surface area contributed by atoms with Gasteiger partial charge in [0.05, 0.1) is 23.5 Å². The van der Waals surface area contributed by atoms with Gasteiger partial charge in [-0.2, -0.15) is 13.5 Å². The first-order valence-corrected chi connectivity index (χ1v) is 13.3. The zero-order valence-electron chi connectivity index (χ0n) is 21.0. The van der Waals surface area contributed by atoms with E-state index in [1.54, 1.807) is 42.5 Å². The summed E-state index contributed by atoms with van der Waals surface area (Å²) in [5, 5.41) is 24.9. The predicted octanol–water partition coefficient (Wildman–Crippen LogP) is 3.71. The molecule has 0 radical (unpaired) electrons. The number of nitrogens with zero attached hydrogens (tertiary/aromatic N) is 2. The molecule has 0 fully saturated rings. The summed E-state index contributed by atoms with van der Waals surface area (Å²) in [4.78, 5) is 12.5. The maximum absolute atomic E-state index is 13.4. The molecule has 0 spiro atoms. The number of rotatable bonds is 7. The number of nitrogens with one attached hydrogen (secondary N) is 1. The van der Waals surface area contributed by atoms with Crippen LogP contribution in [0.25, 0.3) is 10.8 Å². The molecule has 0 saturated heterocycles. The van der Waals surface area contributed by atoms with Crippen LogP contribution in [0.2, 0.25) is 10.0 Å². The Bertz CT molecular complexity index is 1710. The summed E-state index contributed by atoms with van der Waals surface area (Å²) in [5.41, 5.74) is 0.164. The number of halogens is 2. The molecule has 0 aliphatic rings. The average molecular weight is 596 g/mol. The third kappa shape index (κ3) is 6.55. The fourth-order valence-electron chi connectivity index (χ4n) is 3.80. The summed E-state index contributed by atoms with van der Waals surface area (Å²) >= 11 is 12.4. The van der Waals surface area contributed by atoms with E-state index < -0.39 is 26.7 Å². The number of methoxy groups -OCH3 is 1. The monoisotopic (exact) mass is 595 g/mol. The number of benzene rings is 4. The Labute approximate surface area is 256 Å². The maximum Gasteiger partial charge on any atom is 1.00 e. The molecule has 4 aromatic rings. The molecule has 0 aromatic heterocycles. The van der Waals surface area contributed by atoms with Gasteiger partial charge in [-0.15, -0.1) is 5.11 Å². The molecule has 4 aromatic carbocycles. The molecule has 13 heteroatoms. The molecule has 0 aliphatic carbocycles. The molecule has 0 aliphatic heterocycles. The van der Waals surface area contributed by atoms with Crippen molar-refractivity contribution in [2.45, 2.75) is 18.2 Å². The SMILES string of the molecule is CCc1cc(Cl)c(S(=O)(=O)O)c(N=Nc2c([O-])c(C(=O)Nc3cccc(OC)c3Cl)cc3ccccc23)c1.[Na+]. The van der Waals surface area contributed by atoms with Crippen LogP contribution in [-0.2, 0) is 16.5 Å². The van der Waals surface area contributed by atoms with Crippen molar-refractivity contribution in [1.29, 1.82) is 0 Å². The van der Waals surface area contributed by atoms with Crippen LogP contribution < -0.4 is 44.7 Å². The number of hydrogen-bond acceptors (Lipinski definition) is 7. The zero-order chi connectivity index (χ0) is 27.6. The van der Waals surface area contributed by atoms with E-state index in [1.165, 1.54) is 25.3 Å². The Morgan fingerprint density at radius 2 is 1.79 bits per heavy atom. The summed E-state index contributed by atoms with van der Waals surface area (Å²) in [6.45, 7) is 1.82. The molecule has 9 nitrogen and oxygen atoms in total. The van der Waals surface area contributed by atoms with Crippen molar-refractivity contribution in [2.75, 3.05) is 12.4 Å². The van der Waals surface area contributed by atoms with Crippen molar-refractivity contribution in [1.82, 2.24) is 0 Å². The molecule has 0 atom stereocenters. The number of hydrogen-bond donors (Lipinski definition) is 2. The van der Waals surface area contributed by atoms with Gasteiger partial charge in [0, 0.05) is 10.9 Å². The smallest absolute Gasteiger partial charge is 0.870 e. The topological polar surface area (TPSA) is 140 Å². The summed E-state index contributed by atoms with van der Waals surface area (Å²) in [6.07, 6.45) is 0.492. The number of carbonyl (C=O) groups excluding carboxylic acids is 1. The van der Waals surface area contributed by atoms with Gasteiger partial charge < -0.3 is 15.2 Å². The molecule has 1 amide bonds. The van der Waals surface area contributed by atoms with E-state index >= 15 is 0 Å². The molecular formula is C26H20Cl2N3NaO6S. The first-order valence-electron chi connectivity index (χ1n) is 11.1. The van der Waals surface area contributed by atoms with Crippen molar-refractivity contribution in [3.63, 3.8) is 0 Å². The van der Waals surface area contributed by atoms with Gasteiger partial charge in [0.25, 0.3) is 16.0 Å². The number of ether oxygens (including phenoxy) is 1. The van der Waals surface area contributed by atoms with Gasteiger partial charge in [-0.3, -0.25) is 9.35 Å². The minimum atomic E-state index is -4.76. The summed E-state index contributed by atoms with van der Waals surface area (Å²) in [6, 6.07) is 15.7. The van der Waals surface area contributed by atoms with Gasteiger partial charge in [0.1, 0.15) is 21.4 Å². The first kappa shape index (κ1) is 30.8. The molecule has 0 unspecified atom stereocenters. The van der Waals surface area contributed by atoms with Crippen molar-refractivity contribution in [3.05, 3.63) is 81.8 Å². The Balaban J connectivity index is 0.00000420. The number of aryl methyl sites for hydroxylation is 1. The Hall–Kier alpha value is -2.70. The van der Waals surface area contributed by atoms with E-state index in [0.29, 0.717) is 28.5 Å². The number of carbonyl (C=O) groups is 1. The third-order valence-electron chi connectivity index (χ3n) is 5.66. The second kappa shape index (κ2) is 12.6. The number of fused-ring (bicyclic) bond motifs is 1. The minimum Gasteiger partial charge on any atom is -0.870 e. The third-order valence-corrected chi connectivity index (χ3v) is 7.40. The predicted molar refractivity (Wildman–Crippen MR) is 144 cm³/mol. The Kier molecular flexibility index (Phi) is 10.0. The molecular weight excluding hydrogens is 576 g/mol. The van der Waals surface area contributed by atoms with Crippen LogP contribution >= 0.6 is 23.2 Å². The summed E-state index contributed by atoms with van der Waals surface area (Å²) < 4.78 is 38.8. The molecule has 4 rings (SSSR count). The normalized spacial score (nSPS) is 11.4. The molecule has 0 bridgehead atoms. The zero-order valence-corrected chi connectivity index (χ0v) is 25.4. The van der Waals surface area contributed by atoms with Crippen LogP contribution in [0.4, 0.5) is 17.1 Å². The molecule has 39 heavy (non-hydrogen) atoms. The van der Waals surface area contributed by atoms with Crippen LogP contribution in [0, 0.1) is 0 Å². The van der Waals surface area contributed by atoms with Crippen LogP contribution in [0.1, 0.15) is 22.8 Å². The quantitative estimate of drug-likeness (QED) is 0.189. The van der Waals surface area contributed by atoms with Gasteiger partial charge in [-0.1, -0.05) is 66.2 Å². The minimum absolute atomic E-state index is 0. The molecule has 0 heterocycles.